The Labute approximate surface area is 96.5 Å². The summed E-state index contributed by atoms with van der Waals surface area (Å²) >= 11 is 0. The minimum absolute atomic E-state index is 0.106. The lowest BCUT2D eigenvalue weighted by atomic mass is 10.1. The average Bonchev–Trinajstić information content (AvgIpc) is 2.27. The molecule has 0 radical (unpaired) electrons. The molecule has 1 rings (SSSR count). The molecule has 1 atom stereocenters. The molecule has 0 bridgehead atoms. The molecule has 0 fully saturated rings. The Balaban J connectivity index is 2.40. The van der Waals surface area contributed by atoms with E-state index in [0.717, 1.165) is 5.56 Å². The summed E-state index contributed by atoms with van der Waals surface area (Å²) in [6.45, 7) is 4.72. The van der Waals surface area contributed by atoms with E-state index in [9.17, 15) is 9.90 Å². The Kier molecular flexibility index (Phi) is 4.99. The van der Waals surface area contributed by atoms with E-state index in [1.165, 1.54) is 0 Å². The van der Waals surface area contributed by atoms with Gasteiger partial charge in [0.15, 0.2) is 0 Å². The number of amides is 1. The van der Waals surface area contributed by atoms with Crippen molar-refractivity contribution >= 4 is 5.91 Å². The topological polar surface area (TPSA) is 49.3 Å². The fraction of sp³-hybridized carbons (Fsp3) is 0.462. The highest BCUT2D eigenvalue weighted by Gasteiger charge is 2.12. The van der Waals surface area contributed by atoms with Gasteiger partial charge in [0.25, 0.3) is 0 Å². The highest BCUT2D eigenvalue weighted by Crippen LogP contribution is 2.15. The van der Waals surface area contributed by atoms with Crippen LogP contribution >= 0.6 is 0 Å². The fourth-order valence-corrected chi connectivity index (χ4v) is 1.36. The number of nitrogens with one attached hydrogen (secondary N) is 1. The van der Waals surface area contributed by atoms with Gasteiger partial charge in [-0.1, -0.05) is 44.2 Å². The van der Waals surface area contributed by atoms with Crippen LogP contribution in [0.2, 0.25) is 0 Å². The first-order valence-electron chi connectivity index (χ1n) is 5.59. The van der Waals surface area contributed by atoms with Gasteiger partial charge in [-0.3, -0.25) is 4.79 Å². The zero-order valence-electron chi connectivity index (χ0n) is 9.81. The van der Waals surface area contributed by atoms with Gasteiger partial charge in [0.1, 0.15) is 0 Å². The summed E-state index contributed by atoms with van der Waals surface area (Å²) in [5, 5.41) is 12.6. The number of carbonyl (C=O) groups is 1. The molecule has 16 heavy (non-hydrogen) atoms. The predicted molar refractivity (Wildman–Crippen MR) is 63.9 cm³/mol. The van der Waals surface area contributed by atoms with Gasteiger partial charge in [-0.2, -0.15) is 0 Å². The van der Waals surface area contributed by atoms with Crippen LogP contribution in [0.4, 0.5) is 0 Å². The molecule has 1 aromatic carbocycles. The third-order valence-corrected chi connectivity index (χ3v) is 2.27. The Morgan fingerprint density at radius 1 is 1.31 bits per heavy atom. The summed E-state index contributed by atoms with van der Waals surface area (Å²) < 4.78 is 0. The number of hydrogen-bond donors (Lipinski definition) is 2. The lowest BCUT2D eigenvalue weighted by molar-refractivity contribution is -0.123. The number of aliphatic hydroxyl groups excluding tert-OH is 1. The second-order valence-electron chi connectivity index (χ2n) is 4.33. The number of rotatable bonds is 5. The molecule has 1 amide bonds. The molecule has 0 aliphatic heterocycles. The predicted octanol–water partition coefficient (Wildman–Crippen LogP) is 1.88. The summed E-state index contributed by atoms with van der Waals surface area (Å²) in [6, 6.07) is 9.23. The van der Waals surface area contributed by atoms with Crippen molar-refractivity contribution in [3.05, 3.63) is 35.9 Å². The maximum absolute atomic E-state index is 11.5. The van der Waals surface area contributed by atoms with E-state index in [1.54, 1.807) is 0 Å². The van der Waals surface area contributed by atoms with Crippen molar-refractivity contribution in [2.24, 2.45) is 5.92 Å². The SMILES string of the molecule is CC(C)CNC(=O)CC(O)c1ccccc1. The van der Waals surface area contributed by atoms with Crippen LogP contribution in [0.15, 0.2) is 30.3 Å². The van der Waals surface area contributed by atoms with E-state index in [1.807, 2.05) is 44.2 Å². The average molecular weight is 221 g/mol. The second-order valence-corrected chi connectivity index (χ2v) is 4.33. The highest BCUT2D eigenvalue weighted by atomic mass is 16.3. The molecule has 0 aliphatic carbocycles. The Morgan fingerprint density at radius 3 is 2.50 bits per heavy atom. The van der Waals surface area contributed by atoms with Crippen molar-refractivity contribution < 1.29 is 9.90 Å². The van der Waals surface area contributed by atoms with E-state index < -0.39 is 6.10 Å². The van der Waals surface area contributed by atoms with Crippen LogP contribution < -0.4 is 5.32 Å². The molecule has 3 nitrogen and oxygen atoms in total. The largest absolute Gasteiger partial charge is 0.388 e. The second kappa shape index (κ2) is 6.28. The van der Waals surface area contributed by atoms with Crippen molar-refractivity contribution in [3.63, 3.8) is 0 Å². The quantitative estimate of drug-likeness (QED) is 0.797. The molecule has 88 valence electrons. The van der Waals surface area contributed by atoms with Gasteiger partial charge in [0.2, 0.25) is 5.91 Å². The number of aliphatic hydroxyl groups is 1. The van der Waals surface area contributed by atoms with Gasteiger partial charge in [-0.25, -0.2) is 0 Å². The van der Waals surface area contributed by atoms with Crippen molar-refractivity contribution in [1.82, 2.24) is 5.32 Å². The van der Waals surface area contributed by atoms with Crippen molar-refractivity contribution in [2.75, 3.05) is 6.54 Å². The summed E-state index contributed by atoms with van der Waals surface area (Å²) in [6.07, 6.45) is -0.593. The van der Waals surface area contributed by atoms with E-state index in [4.69, 9.17) is 0 Å². The van der Waals surface area contributed by atoms with Crippen LogP contribution in [-0.4, -0.2) is 17.6 Å². The van der Waals surface area contributed by atoms with Crippen LogP contribution in [0, 0.1) is 5.92 Å². The summed E-state index contributed by atoms with van der Waals surface area (Å²) in [5.74, 6) is 0.322. The van der Waals surface area contributed by atoms with Crippen LogP contribution in [0.3, 0.4) is 0 Å². The minimum Gasteiger partial charge on any atom is -0.388 e. The van der Waals surface area contributed by atoms with E-state index in [-0.39, 0.29) is 12.3 Å². The van der Waals surface area contributed by atoms with Crippen molar-refractivity contribution in [2.45, 2.75) is 26.4 Å². The highest BCUT2D eigenvalue weighted by molar-refractivity contribution is 5.76. The van der Waals surface area contributed by atoms with Crippen molar-refractivity contribution in [1.29, 1.82) is 0 Å². The third-order valence-electron chi connectivity index (χ3n) is 2.27. The normalized spacial score (nSPS) is 12.5. The van der Waals surface area contributed by atoms with E-state index in [0.29, 0.717) is 12.5 Å². The first-order valence-corrected chi connectivity index (χ1v) is 5.59. The molecule has 0 spiro atoms. The molecule has 1 unspecified atom stereocenters. The molecule has 1 aromatic rings. The summed E-state index contributed by atoms with van der Waals surface area (Å²) in [5.41, 5.74) is 0.780. The van der Waals surface area contributed by atoms with E-state index in [2.05, 4.69) is 5.32 Å². The van der Waals surface area contributed by atoms with Crippen LogP contribution in [-0.2, 0) is 4.79 Å². The van der Waals surface area contributed by atoms with Crippen LogP contribution in [0.1, 0.15) is 31.9 Å². The zero-order chi connectivity index (χ0) is 12.0. The minimum atomic E-state index is -0.714. The standard InChI is InChI=1S/C13H19NO2/c1-10(2)9-14-13(16)8-12(15)11-6-4-3-5-7-11/h3-7,10,12,15H,8-9H2,1-2H3,(H,14,16). The molecule has 0 heterocycles. The Bertz CT molecular complexity index is 322. The molecule has 0 saturated carbocycles. The smallest absolute Gasteiger partial charge is 0.222 e. The molecular weight excluding hydrogens is 202 g/mol. The van der Waals surface area contributed by atoms with Gasteiger partial charge >= 0.3 is 0 Å². The Morgan fingerprint density at radius 2 is 1.94 bits per heavy atom. The molecule has 2 N–H and O–H groups in total. The molecule has 3 heteroatoms. The van der Waals surface area contributed by atoms with Gasteiger partial charge < -0.3 is 10.4 Å². The number of benzene rings is 1. The first-order chi connectivity index (χ1) is 7.59. The first kappa shape index (κ1) is 12.7. The van der Waals surface area contributed by atoms with Crippen LogP contribution in [0.25, 0.3) is 0 Å². The van der Waals surface area contributed by atoms with Gasteiger partial charge in [0, 0.05) is 6.54 Å². The zero-order valence-corrected chi connectivity index (χ0v) is 9.81. The number of carbonyl (C=O) groups excluding carboxylic acids is 1. The summed E-state index contributed by atoms with van der Waals surface area (Å²) in [7, 11) is 0. The maximum atomic E-state index is 11.5. The maximum Gasteiger partial charge on any atom is 0.222 e. The van der Waals surface area contributed by atoms with E-state index >= 15 is 0 Å². The molecule has 0 aromatic heterocycles. The Hall–Kier alpha value is -1.35. The monoisotopic (exact) mass is 221 g/mol. The third kappa shape index (κ3) is 4.45. The molecular formula is C13H19NO2. The van der Waals surface area contributed by atoms with Crippen LogP contribution in [0.5, 0.6) is 0 Å². The lowest BCUT2D eigenvalue weighted by Gasteiger charge is -2.12. The van der Waals surface area contributed by atoms with Gasteiger partial charge in [0.05, 0.1) is 12.5 Å². The van der Waals surface area contributed by atoms with Gasteiger partial charge in [-0.15, -0.1) is 0 Å². The molecule has 0 aliphatic rings. The fourth-order valence-electron chi connectivity index (χ4n) is 1.36. The van der Waals surface area contributed by atoms with Gasteiger partial charge in [-0.05, 0) is 11.5 Å². The number of hydrogen-bond acceptors (Lipinski definition) is 2. The lowest BCUT2D eigenvalue weighted by Crippen LogP contribution is -2.28. The molecule has 0 saturated heterocycles. The van der Waals surface area contributed by atoms with Crippen molar-refractivity contribution in [3.8, 4) is 0 Å². The summed E-state index contributed by atoms with van der Waals surface area (Å²) in [4.78, 5) is 11.5.